The summed E-state index contributed by atoms with van der Waals surface area (Å²) in [6.45, 7) is 5.84. The van der Waals surface area contributed by atoms with Gasteiger partial charge in [0.2, 0.25) is 0 Å². The van der Waals surface area contributed by atoms with Gasteiger partial charge in [0.1, 0.15) is 11.4 Å². The molecule has 7 nitrogen and oxygen atoms in total. The Morgan fingerprint density at radius 2 is 2.12 bits per heavy atom. The Kier molecular flexibility index (Phi) is 5.35. The maximum atomic E-state index is 12.1. The molecule has 0 spiro atoms. The molecule has 2 aromatic rings. The summed E-state index contributed by atoms with van der Waals surface area (Å²) >= 11 is 0. The van der Waals surface area contributed by atoms with Gasteiger partial charge in [-0.2, -0.15) is 5.10 Å². The predicted molar refractivity (Wildman–Crippen MR) is 93.3 cm³/mol. The van der Waals surface area contributed by atoms with E-state index in [1.807, 2.05) is 38.1 Å². The number of β-amino-alcohol motifs (C(OH)–C–C–N with tert-alkyl or cyclic N) is 1. The van der Waals surface area contributed by atoms with Gasteiger partial charge in [-0.05, 0) is 37.6 Å². The fourth-order valence-corrected chi connectivity index (χ4v) is 2.97. The van der Waals surface area contributed by atoms with E-state index in [0.29, 0.717) is 18.8 Å². The molecular formula is C18H24N4O3. The topological polar surface area (TPSA) is 90.5 Å². The van der Waals surface area contributed by atoms with Crippen LogP contribution in [-0.2, 0) is 6.54 Å². The summed E-state index contributed by atoms with van der Waals surface area (Å²) in [5.74, 6) is 0.600. The molecule has 1 aromatic carbocycles. The van der Waals surface area contributed by atoms with Crippen LogP contribution in [0.4, 0.5) is 0 Å². The Morgan fingerprint density at radius 3 is 2.76 bits per heavy atom. The number of nitrogens with one attached hydrogen (secondary N) is 2. The van der Waals surface area contributed by atoms with Crippen molar-refractivity contribution in [1.29, 1.82) is 0 Å². The van der Waals surface area contributed by atoms with E-state index < -0.39 is 6.10 Å². The number of carbonyl (C=O) groups excluding carboxylic acids is 1. The van der Waals surface area contributed by atoms with Gasteiger partial charge in [-0.15, -0.1) is 0 Å². The van der Waals surface area contributed by atoms with Gasteiger partial charge in [0.25, 0.3) is 5.91 Å². The molecule has 1 saturated heterocycles. The predicted octanol–water partition coefficient (Wildman–Crippen LogP) is 1.17. The number of aromatic amines is 1. The number of hydrogen-bond acceptors (Lipinski definition) is 5. The Morgan fingerprint density at radius 1 is 1.36 bits per heavy atom. The highest BCUT2D eigenvalue weighted by Gasteiger charge is 2.32. The van der Waals surface area contributed by atoms with Crippen molar-refractivity contribution in [3.8, 4) is 5.75 Å². The van der Waals surface area contributed by atoms with Gasteiger partial charge >= 0.3 is 0 Å². The van der Waals surface area contributed by atoms with E-state index in [9.17, 15) is 9.90 Å². The van der Waals surface area contributed by atoms with Crippen molar-refractivity contribution in [3.05, 3.63) is 47.8 Å². The van der Waals surface area contributed by atoms with E-state index in [2.05, 4.69) is 20.4 Å². The Balaban J connectivity index is 1.53. The molecular weight excluding hydrogens is 320 g/mol. The summed E-state index contributed by atoms with van der Waals surface area (Å²) in [7, 11) is 0. The van der Waals surface area contributed by atoms with Crippen LogP contribution in [0.2, 0.25) is 0 Å². The standard InChI is InChI=1S/C18H24N4O3/c1-12(2)25-14-5-3-13(4-6-14)9-22-10-16(17(23)11-22)20-18(24)15-7-8-19-21-15/h3-8,12,16-17,23H,9-11H2,1-2H3,(H,19,21)(H,20,24)/t16-,17-/m1/s1. The van der Waals surface area contributed by atoms with Crippen LogP contribution in [0.5, 0.6) is 5.75 Å². The maximum absolute atomic E-state index is 12.1. The van der Waals surface area contributed by atoms with E-state index in [0.717, 1.165) is 17.9 Å². The zero-order valence-electron chi connectivity index (χ0n) is 14.5. The van der Waals surface area contributed by atoms with Crippen molar-refractivity contribution >= 4 is 5.91 Å². The van der Waals surface area contributed by atoms with E-state index in [-0.39, 0.29) is 18.1 Å². The van der Waals surface area contributed by atoms with Crippen molar-refractivity contribution in [2.75, 3.05) is 13.1 Å². The molecule has 2 atom stereocenters. The van der Waals surface area contributed by atoms with Crippen LogP contribution in [0.1, 0.15) is 29.9 Å². The van der Waals surface area contributed by atoms with Crippen LogP contribution in [0.15, 0.2) is 36.5 Å². The monoisotopic (exact) mass is 344 g/mol. The molecule has 3 rings (SSSR count). The number of amides is 1. The summed E-state index contributed by atoms with van der Waals surface area (Å²) < 4.78 is 5.64. The van der Waals surface area contributed by atoms with Gasteiger partial charge in [-0.3, -0.25) is 14.8 Å². The second-order valence-electron chi connectivity index (χ2n) is 6.62. The second kappa shape index (κ2) is 7.67. The Bertz CT molecular complexity index is 685. The van der Waals surface area contributed by atoms with Gasteiger partial charge in [-0.25, -0.2) is 0 Å². The van der Waals surface area contributed by atoms with E-state index >= 15 is 0 Å². The van der Waals surface area contributed by atoms with Crippen molar-refractivity contribution < 1.29 is 14.6 Å². The van der Waals surface area contributed by atoms with Crippen LogP contribution >= 0.6 is 0 Å². The molecule has 0 aliphatic carbocycles. The minimum Gasteiger partial charge on any atom is -0.491 e. The third-order valence-corrected chi connectivity index (χ3v) is 4.13. The smallest absolute Gasteiger partial charge is 0.269 e. The van der Waals surface area contributed by atoms with Gasteiger partial charge in [0.15, 0.2) is 0 Å². The van der Waals surface area contributed by atoms with Crippen LogP contribution < -0.4 is 10.1 Å². The summed E-state index contributed by atoms with van der Waals surface area (Å²) in [5, 5.41) is 19.5. The summed E-state index contributed by atoms with van der Waals surface area (Å²) in [6, 6.07) is 9.29. The molecule has 1 aliphatic heterocycles. The van der Waals surface area contributed by atoms with Crippen molar-refractivity contribution in [1.82, 2.24) is 20.4 Å². The fraction of sp³-hybridized carbons (Fsp3) is 0.444. The number of rotatable bonds is 6. The highest BCUT2D eigenvalue weighted by molar-refractivity contribution is 5.92. The average Bonchev–Trinajstić information content (AvgIpc) is 3.20. The van der Waals surface area contributed by atoms with Crippen molar-refractivity contribution in [2.45, 2.75) is 38.6 Å². The largest absolute Gasteiger partial charge is 0.491 e. The number of carbonyl (C=O) groups is 1. The SMILES string of the molecule is CC(C)Oc1ccc(CN2C[C@@H](O)[C@H](NC(=O)c3ccn[nH]3)C2)cc1. The lowest BCUT2D eigenvalue weighted by Gasteiger charge is -2.17. The molecule has 3 N–H and O–H groups in total. The number of ether oxygens (including phenoxy) is 1. The molecule has 25 heavy (non-hydrogen) atoms. The minimum absolute atomic E-state index is 0.152. The fourth-order valence-electron chi connectivity index (χ4n) is 2.97. The highest BCUT2D eigenvalue weighted by Crippen LogP contribution is 2.18. The number of hydrogen-bond donors (Lipinski definition) is 3. The van der Waals surface area contributed by atoms with E-state index in [1.165, 1.54) is 6.20 Å². The molecule has 1 aliphatic rings. The highest BCUT2D eigenvalue weighted by atomic mass is 16.5. The number of likely N-dealkylation sites (tertiary alicyclic amines) is 1. The number of H-pyrrole nitrogens is 1. The second-order valence-corrected chi connectivity index (χ2v) is 6.62. The first-order chi connectivity index (χ1) is 12.0. The number of aliphatic hydroxyl groups excluding tert-OH is 1. The zero-order valence-corrected chi connectivity index (χ0v) is 14.5. The number of aromatic nitrogens is 2. The van der Waals surface area contributed by atoms with E-state index in [1.54, 1.807) is 6.07 Å². The van der Waals surface area contributed by atoms with Crippen molar-refractivity contribution in [2.24, 2.45) is 0 Å². The third-order valence-electron chi connectivity index (χ3n) is 4.13. The number of nitrogens with zero attached hydrogens (tertiary/aromatic N) is 2. The van der Waals surface area contributed by atoms with Crippen LogP contribution in [0.3, 0.4) is 0 Å². The summed E-state index contributed by atoms with van der Waals surface area (Å²) in [5.41, 5.74) is 1.54. The number of benzene rings is 1. The summed E-state index contributed by atoms with van der Waals surface area (Å²) in [6.07, 6.45) is 1.09. The van der Waals surface area contributed by atoms with Crippen LogP contribution in [0.25, 0.3) is 0 Å². The molecule has 7 heteroatoms. The van der Waals surface area contributed by atoms with Gasteiger partial charge in [-0.1, -0.05) is 12.1 Å². The normalized spacial score (nSPS) is 20.8. The average molecular weight is 344 g/mol. The van der Waals surface area contributed by atoms with E-state index in [4.69, 9.17) is 4.74 Å². The van der Waals surface area contributed by atoms with Crippen molar-refractivity contribution in [3.63, 3.8) is 0 Å². The first-order valence-electron chi connectivity index (χ1n) is 8.47. The molecule has 1 aromatic heterocycles. The van der Waals surface area contributed by atoms with Gasteiger partial charge in [0, 0.05) is 25.8 Å². The minimum atomic E-state index is -0.588. The zero-order chi connectivity index (χ0) is 17.8. The van der Waals surface area contributed by atoms with Gasteiger partial charge in [0.05, 0.1) is 18.2 Å². The Hall–Kier alpha value is -2.38. The molecule has 2 heterocycles. The lowest BCUT2D eigenvalue weighted by Crippen LogP contribution is -2.42. The summed E-state index contributed by atoms with van der Waals surface area (Å²) in [4.78, 5) is 14.2. The maximum Gasteiger partial charge on any atom is 0.269 e. The van der Waals surface area contributed by atoms with Crippen LogP contribution in [-0.4, -0.2) is 57.5 Å². The van der Waals surface area contributed by atoms with Crippen LogP contribution in [0, 0.1) is 0 Å². The lowest BCUT2D eigenvalue weighted by molar-refractivity contribution is 0.0883. The lowest BCUT2D eigenvalue weighted by atomic mass is 10.2. The molecule has 1 amide bonds. The molecule has 0 unspecified atom stereocenters. The third kappa shape index (κ3) is 4.58. The molecule has 0 bridgehead atoms. The quantitative estimate of drug-likeness (QED) is 0.732. The molecule has 134 valence electrons. The molecule has 0 saturated carbocycles. The number of aliphatic hydroxyl groups is 1. The first-order valence-corrected chi connectivity index (χ1v) is 8.47. The molecule has 1 fully saturated rings. The molecule has 0 radical (unpaired) electrons. The first kappa shape index (κ1) is 17.4. The van der Waals surface area contributed by atoms with Gasteiger partial charge < -0.3 is 15.2 Å². The Labute approximate surface area is 147 Å².